The van der Waals surface area contributed by atoms with Gasteiger partial charge in [0.15, 0.2) is 0 Å². The fourth-order valence-corrected chi connectivity index (χ4v) is 2.52. The fourth-order valence-electron chi connectivity index (χ4n) is 2.07. The first kappa shape index (κ1) is 17.4. The van der Waals surface area contributed by atoms with Gasteiger partial charge in [-0.1, -0.05) is 5.16 Å². The molecule has 0 aliphatic carbocycles. The van der Waals surface area contributed by atoms with Gasteiger partial charge >= 0.3 is 0 Å². The van der Waals surface area contributed by atoms with Crippen LogP contribution >= 0.6 is 0 Å². The van der Waals surface area contributed by atoms with Crippen molar-refractivity contribution in [1.82, 2.24) is 20.0 Å². The summed E-state index contributed by atoms with van der Waals surface area (Å²) in [6.45, 7) is 3.62. The number of aromatic nitrogens is 2. The second-order valence-electron chi connectivity index (χ2n) is 4.97. The van der Waals surface area contributed by atoms with Crippen LogP contribution in [0.2, 0.25) is 0 Å². The van der Waals surface area contributed by atoms with E-state index in [4.69, 9.17) is 10.6 Å². The van der Waals surface area contributed by atoms with Crippen molar-refractivity contribution in [3.05, 3.63) is 11.9 Å². The van der Waals surface area contributed by atoms with Gasteiger partial charge in [-0.05, 0) is 0 Å². The normalized spacial score (nSPS) is 16.0. The van der Waals surface area contributed by atoms with Crippen LogP contribution in [0.1, 0.15) is 5.56 Å². The molecule has 1 aliphatic rings. The van der Waals surface area contributed by atoms with Gasteiger partial charge in [-0.25, -0.2) is 23.1 Å². The average molecular weight is 343 g/mol. The van der Waals surface area contributed by atoms with Gasteiger partial charge in [0.05, 0.1) is 18.0 Å². The molecule has 0 unspecified atom stereocenters. The van der Waals surface area contributed by atoms with Crippen molar-refractivity contribution in [2.75, 3.05) is 56.2 Å². The van der Waals surface area contributed by atoms with Crippen molar-refractivity contribution in [2.24, 2.45) is 5.16 Å². The third kappa shape index (κ3) is 5.62. The number of nitrogens with one attached hydrogen (secondary N) is 2. The van der Waals surface area contributed by atoms with E-state index >= 15 is 0 Å². The molecular formula is C12H21N7O3S. The fraction of sp³-hybridized carbons (Fsp3) is 0.583. The molecule has 1 saturated heterocycles. The molecule has 11 heteroatoms. The van der Waals surface area contributed by atoms with Crippen LogP contribution in [0.4, 0.5) is 11.6 Å². The molecule has 1 fully saturated rings. The predicted molar refractivity (Wildman–Crippen MR) is 87.9 cm³/mol. The lowest BCUT2D eigenvalue weighted by molar-refractivity contribution is 0.151. The van der Waals surface area contributed by atoms with Crippen LogP contribution in [-0.2, 0) is 14.9 Å². The number of nitrogens with two attached hydrogens (primary N) is 1. The first-order valence-electron chi connectivity index (χ1n) is 7.13. The molecular weight excluding hydrogens is 322 g/mol. The minimum atomic E-state index is -3.23. The smallest absolute Gasteiger partial charge is 0.208 e. The Hall–Kier alpha value is -1.98. The maximum Gasteiger partial charge on any atom is 0.208 e. The van der Waals surface area contributed by atoms with E-state index in [1.807, 2.05) is 0 Å². The van der Waals surface area contributed by atoms with Crippen molar-refractivity contribution < 1.29 is 13.3 Å². The van der Waals surface area contributed by atoms with E-state index in [1.54, 1.807) is 0 Å². The molecule has 0 radical (unpaired) electrons. The minimum absolute atomic E-state index is 0.111. The summed E-state index contributed by atoms with van der Waals surface area (Å²) in [6, 6.07) is 0. The number of anilines is 2. The van der Waals surface area contributed by atoms with Crippen LogP contribution in [0.3, 0.4) is 0 Å². The molecule has 1 aromatic rings. The summed E-state index contributed by atoms with van der Waals surface area (Å²) in [5.41, 5.74) is 6.48. The summed E-state index contributed by atoms with van der Waals surface area (Å²) in [5, 5.41) is 7.08. The molecule has 2 rings (SSSR count). The molecule has 128 valence electrons. The summed E-state index contributed by atoms with van der Waals surface area (Å²) in [5.74, 6) is 1.02. The highest BCUT2D eigenvalue weighted by molar-refractivity contribution is 7.88. The minimum Gasteiger partial charge on any atom is -0.394 e. The van der Waals surface area contributed by atoms with Crippen molar-refractivity contribution in [3.63, 3.8) is 0 Å². The van der Waals surface area contributed by atoms with E-state index in [2.05, 4.69) is 30.1 Å². The van der Waals surface area contributed by atoms with Gasteiger partial charge in [0.25, 0.3) is 0 Å². The lowest BCUT2D eigenvalue weighted by Crippen LogP contribution is -2.44. The van der Waals surface area contributed by atoms with Crippen molar-refractivity contribution >= 4 is 27.9 Å². The zero-order chi connectivity index (χ0) is 16.7. The molecule has 0 aromatic carbocycles. The molecule has 10 nitrogen and oxygen atoms in total. The topological polar surface area (TPSA) is 135 Å². The first-order chi connectivity index (χ1) is 11.0. The number of nitrogen functional groups attached to an aromatic ring is 1. The van der Waals surface area contributed by atoms with Crippen LogP contribution in [0.5, 0.6) is 0 Å². The highest BCUT2D eigenvalue weighted by Gasteiger charge is 2.17. The molecule has 0 bridgehead atoms. The molecule has 0 saturated carbocycles. The van der Waals surface area contributed by atoms with Gasteiger partial charge in [0, 0.05) is 32.7 Å². The summed E-state index contributed by atoms with van der Waals surface area (Å²) < 4.78 is 24.1. The second kappa shape index (κ2) is 8.04. The van der Waals surface area contributed by atoms with E-state index in [-0.39, 0.29) is 13.2 Å². The quantitative estimate of drug-likeness (QED) is 0.305. The number of hydrogen-bond donors (Lipinski definition) is 3. The molecule has 0 atom stereocenters. The average Bonchev–Trinajstić information content (AvgIpc) is 2.51. The maximum absolute atomic E-state index is 10.9. The van der Waals surface area contributed by atoms with Crippen LogP contribution in [0, 0.1) is 0 Å². The van der Waals surface area contributed by atoms with Crippen LogP contribution in [-0.4, -0.2) is 70.2 Å². The maximum atomic E-state index is 10.9. The largest absolute Gasteiger partial charge is 0.394 e. The zero-order valence-electron chi connectivity index (χ0n) is 12.9. The van der Waals surface area contributed by atoms with E-state index in [0.29, 0.717) is 17.2 Å². The molecule has 4 N–H and O–H groups in total. The van der Waals surface area contributed by atoms with Crippen LogP contribution in [0.25, 0.3) is 0 Å². The Morgan fingerprint density at radius 2 is 2.22 bits per heavy atom. The van der Waals surface area contributed by atoms with E-state index in [1.165, 1.54) is 12.5 Å². The molecule has 1 aromatic heterocycles. The molecule has 0 spiro atoms. The number of piperazine rings is 1. The van der Waals surface area contributed by atoms with E-state index in [9.17, 15) is 8.42 Å². The highest BCUT2D eigenvalue weighted by Crippen LogP contribution is 2.19. The third-order valence-corrected chi connectivity index (χ3v) is 3.85. The van der Waals surface area contributed by atoms with Gasteiger partial charge in [-0.3, -0.25) is 0 Å². The lowest BCUT2D eigenvalue weighted by Gasteiger charge is -2.29. The Labute approximate surface area is 135 Å². The summed E-state index contributed by atoms with van der Waals surface area (Å²) in [6.07, 6.45) is 3.95. The molecule has 2 heterocycles. The van der Waals surface area contributed by atoms with Gasteiger partial charge in [0.2, 0.25) is 10.0 Å². The van der Waals surface area contributed by atoms with Crippen LogP contribution < -0.4 is 20.7 Å². The molecule has 23 heavy (non-hydrogen) atoms. The Bertz CT molecular complexity index is 644. The Balaban J connectivity index is 1.97. The van der Waals surface area contributed by atoms with Crippen molar-refractivity contribution in [1.29, 1.82) is 0 Å². The molecule has 1 aliphatic heterocycles. The first-order valence-corrected chi connectivity index (χ1v) is 9.02. The van der Waals surface area contributed by atoms with E-state index < -0.39 is 10.0 Å². The monoisotopic (exact) mass is 343 g/mol. The molecule has 0 amide bonds. The summed E-state index contributed by atoms with van der Waals surface area (Å²) >= 11 is 0. The Morgan fingerprint density at radius 1 is 1.48 bits per heavy atom. The summed E-state index contributed by atoms with van der Waals surface area (Å²) in [7, 11) is -3.23. The van der Waals surface area contributed by atoms with Crippen molar-refractivity contribution in [3.8, 4) is 0 Å². The van der Waals surface area contributed by atoms with Gasteiger partial charge in [-0.15, -0.1) is 0 Å². The zero-order valence-corrected chi connectivity index (χ0v) is 13.7. The Morgan fingerprint density at radius 3 is 2.91 bits per heavy atom. The third-order valence-electron chi connectivity index (χ3n) is 3.12. The second-order valence-corrected chi connectivity index (χ2v) is 6.80. The number of hydrogen-bond acceptors (Lipinski definition) is 9. The van der Waals surface area contributed by atoms with Crippen molar-refractivity contribution in [2.45, 2.75) is 0 Å². The van der Waals surface area contributed by atoms with Gasteiger partial charge in [-0.2, -0.15) is 0 Å². The summed E-state index contributed by atoms with van der Waals surface area (Å²) in [4.78, 5) is 15.4. The lowest BCUT2D eigenvalue weighted by atomic mass is 10.2. The van der Waals surface area contributed by atoms with Gasteiger partial charge in [0.1, 0.15) is 24.6 Å². The Kier molecular flexibility index (Phi) is 6.07. The predicted octanol–water partition coefficient (Wildman–Crippen LogP) is -1.63. The number of nitrogens with zero attached hydrogens (tertiary/aromatic N) is 4. The van der Waals surface area contributed by atoms with E-state index in [0.717, 1.165) is 32.4 Å². The number of sulfonamides is 1. The highest BCUT2D eigenvalue weighted by atomic mass is 32.2. The SMILES string of the molecule is CS(=O)(=O)NCCON=Cc1c(N)ncnc1N1CCNCC1. The van der Waals surface area contributed by atoms with Gasteiger partial charge < -0.3 is 20.8 Å². The van der Waals surface area contributed by atoms with Crippen LogP contribution in [0.15, 0.2) is 11.5 Å². The number of oxime groups is 1. The standard InChI is InChI=1S/C12H21N7O3S/c1-23(20,21)18-4-7-22-17-8-10-11(13)15-9-16-12(10)19-5-2-14-3-6-19/h8-9,14,18H,2-7H2,1H3,(H2,13,15,16). The number of rotatable bonds is 7.